The quantitative estimate of drug-likeness (QED) is 0.584. The van der Waals surface area contributed by atoms with Crippen LogP contribution in [0.15, 0.2) is 24.3 Å². The van der Waals surface area contributed by atoms with Gasteiger partial charge in [-0.2, -0.15) is 8.78 Å². The molecule has 0 radical (unpaired) electrons. The molecule has 0 aliphatic heterocycles. The number of ether oxygens (including phenoxy) is 1. The highest BCUT2D eigenvalue weighted by Crippen LogP contribution is 2.17. The summed E-state index contributed by atoms with van der Waals surface area (Å²) in [5.74, 6) is -0.895. The molecule has 0 aliphatic carbocycles. The number of nitrogens with one attached hydrogen (secondary N) is 3. The molecule has 6 nitrogen and oxygen atoms in total. The summed E-state index contributed by atoms with van der Waals surface area (Å²) >= 11 is 5.20. The molecule has 0 aromatic heterocycles. The van der Waals surface area contributed by atoms with Crippen molar-refractivity contribution in [3.63, 3.8) is 0 Å². The van der Waals surface area contributed by atoms with E-state index in [9.17, 15) is 18.4 Å². The zero-order valence-corrected chi connectivity index (χ0v) is 10.2. The average molecular weight is 294 g/mol. The van der Waals surface area contributed by atoms with Crippen molar-refractivity contribution in [1.82, 2.24) is 10.9 Å². The first-order valence-corrected chi connectivity index (χ1v) is 5.51. The number of carbonyl (C=O) groups excluding carboxylic acids is 2. The fourth-order valence-corrected chi connectivity index (χ4v) is 1.11. The maximum atomic E-state index is 11.9. The molecule has 0 fully saturated rings. The lowest BCUT2D eigenvalue weighted by Gasteiger charge is -2.09. The third-order valence-corrected chi connectivity index (χ3v) is 2.02. The van der Waals surface area contributed by atoms with Gasteiger partial charge < -0.3 is 10.1 Å². The smallest absolute Gasteiger partial charge is 0.387 e. The molecule has 0 spiro atoms. The Labute approximate surface area is 112 Å². The lowest BCUT2D eigenvalue weighted by Crippen LogP contribution is -2.44. The van der Waals surface area contributed by atoms with Crippen LogP contribution >= 0.6 is 11.6 Å². The highest BCUT2D eigenvalue weighted by atomic mass is 35.5. The number of halogens is 3. The summed E-state index contributed by atoms with van der Waals surface area (Å²) in [5.41, 5.74) is 4.41. The molecule has 0 saturated heterocycles. The Morgan fingerprint density at radius 1 is 1.21 bits per heavy atom. The lowest BCUT2D eigenvalue weighted by molar-refractivity contribution is -0.119. The van der Waals surface area contributed by atoms with Crippen LogP contribution in [0.5, 0.6) is 5.75 Å². The molecule has 1 aromatic rings. The molecule has 0 heterocycles. The minimum absolute atomic E-state index is 0.0311. The van der Waals surface area contributed by atoms with E-state index in [4.69, 9.17) is 11.6 Å². The van der Waals surface area contributed by atoms with Gasteiger partial charge in [-0.15, -0.1) is 11.6 Å². The molecular formula is C10H10ClF2N3O3. The second-order valence-corrected chi connectivity index (χ2v) is 3.43. The zero-order valence-electron chi connectivity index (χ0n) is 9.45. The van der Waals surface area contributed by atoms with Gasteiger partial charge in [-0.1, -0.05) is 0 Å². The number of hydrogen-bond acceptors (Lipinski definition) is 3. The first-order chi connectivity index (χ1) is 9.01. The number of carbonyl (C=O) groups is 2. The van der Waals surface area contributed by atoms with Crippen LogP contribution in [-0.2, 0) is 4.79 Å². The van der Waals surface area contributed by atoms with Gasteiger partial charge in [-0.3, -0.25) is 10.2 Å². The minimum Gasteiger partial charge on any atom is -0.435 e. The van der Waals surface area contributed by atoms with Crippen molar-refractivity contribution in [3.05, 3.63) is 24.3 Å². The highest BCUT2D eigenvalue weighted by Gasteiger charge is 2.06. The number of hydrazine groups is 1. The van der Waals surface area contributed by atoms with Crippen molar-refractivity contribution in [2.75, 3.05) is 11.2 Å². The van der Waals surface area contributed by atoms with E-state index >= 15 is 0 Å². The summed E-state index contributed by atoms with van der Waals surface area (Å²) in [6, 6.07) is 4.54. The summed E-state index contributed by atoms with van der Waals surface area (Å²) in [7, 11) is 0. The van der Waals surface area contributed by atoms with E-state index < -0.39 is 18.5 Å². The minimum atomic E-state index is -2.91. The molecule has 1 aromatic carbocycles. The van der Waals surface area contributed by atoms with E-state index in [0.29, 0.717) is 5.69 Å². The number of rotatable bonds is 4. The zero-order chi connectivity index (χ0) is 14.3. The van der Waals surface area contributed by atoms with Gasteiger partial charge in [0.1, 0.15) is 11.6 Å². The highest BCUT2D eigenvalue weighted by molar-refractivity contribution is 6.27. The number of alkyl halides is 3. The molecule has 19 heavy (non-hydrogen) atoms. The summed E-state index contributed by atoms with van der Waals surface area (Å²) in [5, 5.41) is 2.35. The fourth-order valence-electron chi connectivity index (χ4n) is 1.04. The third kappa shape index (κ3) is 5.87. The molecule has 0 aliphatic rings. The number of amides is 3. The fraction of sp³-hybridized carbons (Fsp3) is 0.200. The predicted molar refractivity (Wildman–Crippen MR) is 64.1 cm³/mol. The van der Waals surface area contributed by atoms with E-state index in [2.05, 4.69) is 10.1 Å². The third-order valence-electron chi connectivity index (χ3n) is 1.77. The Balaban J connectivity index is 2.44. The average Bonchev–Trinajstić information content (AvgIpc) is 2.37. The Morgan fingerprint density at radius 2 is 1.84 bits per heavy atom. The molecule has 0 bridgehead atoms. The van der Waals surface area contributed by atoms with Gasteiger partial charge in [0.25, 0.3) is 5.91 Å². The van der Waals surface area contributed by atoms with Gasteiger partial charge in [-0.25, -0.2) is 10.2 Å². The van der Waals surface area contributed by atoms with Crippen molar-refractivity contribution >= 4 is 29.2 Å². The Kier molecular flexibility index (Phi) is 5.80. The standard InChI is InChI=1S/C10H10ClF2N3O3/c11-5-8(17)15-16-10(18)14-6-1-3-7(4-2-6)19-9(12)13/h1-4,9H,5H2,(H,15,17)(H2,14,16,18). The topological polar surface area (TPSA) is 79.5 Å². The molecule has 9 heteroatoms. The molecule has 0 saturated carbocycles. The van der Waals surface area contributed by atoms with Crippen molar-refractivity contribution in [1.29, 1.82) is 0 Å². The first-order valence-electron chi connectivity index (χ1n) is 4.98. The number of benzene rings is 1. The van der Waals surface area contributed by atoms with E-state index in [1.165, 1.54) is 24.3 Å². The maximum absolute atomic E-state index is 11.9. The van der Waals surface area contributed by atoms with E-state index in [1.54, 1.807) is 0 Å². The molecule has 3 amide bonds. The number of anilines is 1. The van der Waals surface area contributed by atoms with Crippen LogP contribution in [0.25, 0.3) is 0 Å². The molecular weight excluding hydrogens is 284 g/mol. The van der Waals surface area contributed by atoms with Crippen molar-refractivity contribution in [3.8, 4) is 5.75 Å². The van der Waals surface area contributed by atoms with Crippen LogP contribution in [0.1, 0.15) is 0 Å². The van der Waals surface area contributed by atoms with Crippen molar-refractivity contribution < 1.29 is 23.1 Å². The summed E-state index contributed by atoms with van der Waals surface area (Å²) in [6.07, 6.45) is 0. The monoisotopic (exact) mass is 293 g/mol. The largest absolute Gasteiger partial charge is 0.435 e. The second-order valence-electron chi connectivity index (χ2n) is 3.16. The van der Waals surface area contributed by atoms with Crippen LogP contribution in [0.3, 0.4) is 0 Å². The van der Waals surface area contributed by atoms with Gasteiger partial charge in [-0.05, 0) is 24.3 Å². The maximum Gasteiger partial charge on any atom is 0.387 e. The molecule has 3 N–H and O–H groups in total. The Bertz CT molecular complexity index is 442. The van der Waals surface area contributed by atoms with Crippen LogP contribution in [0.2, 0.25) is 0 Å². The number of urea groups is 1. The van der Waals surface area contributed by atoms with E-state index in [1.807, 2.05) is 10.9 Å². The van der Waals surface area contributed by atoms with Gasteiger partial charge in [0.2, 0.25) is 0 Å². The molecule has 0 unspecified atom stereocenters. The Morgan fingerprint density at radius 3 is 2.37 bits per heavy atom. The second kappa shape index (κ2) is 7.37. The SMILES string of the molecule is O=C(CCl)NNC(=O)Nc1ccc(OC(F)F)cc1. The molecule has 1 rings (SSSR count). The van der Waals surface area contributed by atoms with E-state index in [0.717, 1.165) is 0 Å². The summed E-state index contributed by atoms with van der Waals surface area (Å²) in [6.45, 7) is -2.91. The summed E-state index contributed by atoms with van der Waals surface area (Å²) in [4.78, 5) is 22.0. The predicted octanol–water partition coefficient (Wildman–Crippen LogP) is 1.68. The van der Waals surface area contributed by atoms with Crippen molar-refractivity contribution in [2.45, 2.75) is 6.61 Å². The summed E-state index contributed by atoms with van der Waals surface area (Å²) < 4.78 is 27.9. The number of hydrogen-bond donors (Lipinski definition) is 3. The van der Waals surface area contributed by atoms with Gasteiger partial charge in [0.05, 0.1) is 0 Å². The van der Waals surface area contributed by atoms with Crippen LogP contribution < -0.4 is 20.9 Å². The van der Waals surface area contributed by atoms with Crippen molar-refractivity contribution in [2.24, 2.45) is 0 Å². The van der Waals surface area contributed by atoms with Crippen LogP contribution in [0, 0.1) is 0 Å². The van der Waals surface area contributed by atoms with Gasteiger partial charge >= 0.3 is 12.6 Å². The van der Waals surface area contributed by atoms with Crippen LogP contribution in [-0.4, -0.2) is 24.4 Å². The van der Waals surface area contributed by atoms with Crippen LogP contribution in [0.4, 0.5) is 19.3 Å². The first kappa shape index (κ1) is 15.0. The van der Waals surface area contributed by atoms with Gasteiger partial charge in [0.15, 0.2) is 0 Å². The van der Waals surface area contributed by atoms with Gasteiger partial charge in [0, 0.05) is 5.69 Å². The normalized spacial score (nSPS) is 9.89. The Hall–Kier alpha value is -2.09. The molecule has 0 atom stereocenters. The molecule has 104 valence electrons. The van der Waals surface area contributed by atoms with E-state index in [-0.39, 0.29) is 11.6 Å². The lowest BCUT2D eigenvalue weighted by atomic mass is 10.3.